The Labute approximate surface area is 183 Å². The topological polar surface area (TPSA) is 72.5 Å². The first kappa shape index (κ1) is 20.5. The molecule has 1 aliphatic carbocycles. The summed E-state index contributed by atoms with van der Waals surface area (Å²) in [5.74, 6) is -1.18. The van der Waals surface area contributed by atoms with E-state index in [-0.39, 0.29) is 17.1 Å². The average molecular weight is 468 g/mol. The normalized spacial score (nSPS) is 22.9. The summed E-state index contributed by atoms with van der Waals surface area (Å²) in [5, 5.41) is 2.81. The Kier molecular flexibility index (Phi) is 5.36. The van der Waals surface area contributed by atoms with E-state index in [4.69, 9.17) is 4.74 Å². The third-order valence-electron chi connectivity index (χ3n) is 5.56. The second kappa shape index (κ2) is 7.84. The molecule has 5 nitrogen and oxygen atoms in total. The molecule has 2 aliphatic rings. The van der Waals surface area contributed by atoms with Crippen molar-refractivity contribution in [3.8, 4) is 0 Å². The molecule has 0 spiro atoms. The van der Waals surface area contributed by atoms with Crippen LogP contribution in [-0.4, -0.2) is 23.7 Å². The molecule has 1 heterocycles. The number of ketones is 1. The maximum atomic E-state index is 13.2. The molecule has 0 saturated carbocycles. The number of carbonyl (C=O) groups is 3. The molecule has 1 N–H and O–H groups in total. The van der Waals surface area contributed by atoms with Crippen molar-refractivity contribution >= 4 is 33.6 Å². The molecule has 2 atom stereocenters. The van der Waals surface area contributed by atoms with Gasteiger partial charge in [-0.3, -0.25) is 9.59 Å². The Morgan fingerprint density at radius 3 is 2.40 bits per heavy atom. The van der Waals surface area contributed by atoms with Crippen LogP contribution in [0.3, 0.4) is 0 Å². The predicted molar refractivity (Wildman–Crippen MR) is 116 cm³/mol. The van der Waals surface area contributed by atoms with Gasteiger partial charge in [0.2, 0.25) is 0 Å². The number of nitrogens with one attached hydrogen (secondary N) is 1. The van der Waals surface area contributed by atoms with Crippen LogP contribution in [-0.2, 0) is 14.3 Å². The third-order valence-corrected chi connectivity index (χ3v) is 6.29. The fraction of sp³-hybridized carbons (Fsp3) is 0.292. The van der Waals surface area contributed by atoms with Gasteiger partial charge >= 0.3 is 5.97 Å². The Hall–Kier alpha value is -2.73. The second-order valence-electron chi connectivity index (χ2n) is 8.52. The molecular weight excluding hydrogens is 446 g/mol. The fourth-order valence-electron chi connectivity index (χ4n) is 4.22. The van der Waals surface area contributed by atoms with Gasteiger partial charge in [0, 0.05) is 34.4 Å². The Bertz CT molecular complexity index is 1060. The van der Waals surface area contributed by atoms with Gasteiger partial charge in [-0.1, -0.05) is 66.2 Å². The van der Waals surface area contributed by atoms with E-state index in [0.29, 0.717) is 29.7 Å². The van der Waals surface area contributed by atoms with Gasteiger partial charge in [-0.15, -0.1) is 0 Å². The number of Topliss-reactive ketones (excluding diaryl/α,β-unsaturated/α-hetero) is 1. The highest BCUT2D eigenvalue weighted by Gasteiger charge is 2.48. The Morgan fingerprint density at radius 1 is 1.03 bits per heavy atom. The smallest absolute Gasteiger partial charge is 0.334 e. The van der Waals surface area contributed by atoms with E-state index >= 15 is 0 Å². The minimum atomic E-state index is -1.000. The Balaban J connectivity index is 1.80. The van der Waals surface area contributed by atoms with Gasteiger partial charge in [-0.2, -0.15) is 0 Å². The molecule has 6 heteroatoms. The molecule has 0 saturated heterocycles. The lowest BCUT2D eigenvalue weighted by Crippen LogP contribution is -2.51. The largest absolute Gasteiger partial charge is 0.429 e. The van der Waals surface area contributed by atoms with Crippen LogP contribution in [0.15, 0.2) is 70.4 Å². The van der Waals surface area contributed by atoms with Gasteiger partial charge < -0.3 is 10.1 Å². The highest BCUT2D eigenvalue weighted by atomic mass is 79.9. The van der Waals surface area contributed by atoms with Crippen molar-refractivity contribution < 1.29 is 19.1 Å². The van der Waals surface area contributed by atoms with Crippen molar-refractivity contribution in [2.45, 2.75) is 38.6 Å². The van der Waals surface area contributed by atoms with Crippen molar-refractivity contribution in [3.63, 3.8) is 0 Å². The number of amides is 1. The zero-order valence-electron chi connectivity index (χ0n) is 16.8. The molecule has 2 aromatic carbocycles. The van der Waals surface area contributed by atoms with Crippen molar-refractivity contribution in [2.24, 2.45) is 5.41 Å². The molecule has 0 radical (unpaired) electrons. The first-order valence-electron chi connectivity index (χ1n) is 9.85. The molecular formula is C24H22BrNO4. The SMILES string of the molecule is CC1(C)CC(=O)C2=C(C1)OC(=O)C(NC(=O)c1ccccc1)C2c1ccccc1Br. The van der Waals surface area contributed by atoms with Crippen LogP contribution in [0.4, 0.5) is 0 Å². The molecule has 1 amide bonds. The summed E-state index contributed by atoms with van der Waals surface area (Å²) in [6, 6.07) is 15.1. The fourth-order valence-corrected chi connectivity index (χ4v) is 4.75. The Morgan fingerprint density at radius 2 is 1.70 bits per heavy atom. The lowest BCUT2D eigenvalue weighted by Gasteiger charge is -2.40. The summed E-state index contributed by atoms with van der Waals surface area (Å²) >= 11 is 3.55. The van der Waals surface area contributed by atoms with E-state index in [1.54, 1.807) is 24.3 Å². The lowest BCUT2D eigenvalue weighted by molar-refractivity contribution is -0.145. The maximum Gasteiger partial charge on any atom is 0.334 e. The van der Waals surface area contributed by atoms with Gasteiger partial charge in [0.15, 0.2) is 5.78 Å². The lowest BCUT2D eigenvalue weighted by atomic mass is 9.70. The van der Waals surface area contributed by atoms with Crippen LogP contribution < -0.4 is 5.32 Å². The standard InChI is InChI=1S/C24H22BrNO4/c1-24(2)12-17(27)20-18(13-24)30-23(29)21(19(20)15-10-6-7-11-16(15)25)26-22(28)14-8-4-3-5-9-14/h3-11,19,21H,12-13H2,1-2H3,(H,26,28). The number of rotatable bonds is 3. The number of allylic oxidation sites excluding steroid dienone is 1. The summed E-state index contributed by atoms with van der Waals surface area (Å²) in [4.78, 5) is 39.0. The van der Waals surface area contributed by atoms with Crippen LogP contribution in [0.2, 0.25) is 0 Å². The summed E-state index contributed by atoms with van der Waals surface area (Å²) in [6.07, 6.45) is 0.865. The molecule has 2 unspecified atom stereocenters. The van der Waals surface area contributed by atoms with Gasteiger partial charge in [-0.25, -0.2) is 4.79 Å². The van der Waals surface area contributed by atoms with E-state index in [9.17, 15) is 14.4 Å². The molecule has 4 rings (SSSR count). The van der Waals surface area contributed by atoms with Crippen molar-refractivity contribution in [1.29, 1.82) is 0 Å². The molecule has 0 fully saturated rings. The minimum absolute atomic E-state index is 0.0477. The van der Waals surface area contributed by atoms with E-state index in [2.05, 4.69) is 21.2 Å². The number of benzene rings is 2. The molecule has 2 aromatic rings. The summed E-state index contributed by atoms with van der Waals surface area (Å²) in [6.45, 7) is 3.97. The van der Waals surface area contributed by atoms with Gasteiger partial charge in [0.05, 0.1) is 0 Å². The van der Waals surface area contributed by atoms with Crippen LogP contribution in [0.1, 0.15) is 48.5 Å². The number of halogens is 1. The molecule has 1 aliphatic heterocycles. The number of esters is 1. The summed E-state index contributed by atoms with van der Waals surface area (Å²) in [5.41, 5.74) is 1.41. The van der Waals surface area contributed by atoms with Crippen molar-refractivity contribution in [3.05, 3.63) is 81.5 Å². The second-order valence-corrected chi connectivity index (χ2v) is 9.37. The zero-order valence-corrected chi connectivity index (χ0v) is 18.4. The quantitative estimate of drug-likeness (QED) is 0.672. The van der Waals surface area contributed by atoms with E-state index in [0.717, 1.165) is 10.0 Å². The van der Waals surface area contributed by atoms with Crippen LogP contribution in [0, 0.1) is 5.41 Å². The first-order chi connectivity index (χ1) is 14.3. The van der Waals surface area contributed by atoms with E-state index in [1.165, 1.54) is 0 Å². The highest BCUT2D eigenvalue weighted by molar-refractivity contribution is 9.10. The summed E-state index contributed by atoms with van der Waals surface area (Å²) < 4.78 is 6.40. The van der Waals surface area contributed by atoms with Crippen LogP contribution >= 0.6 is 15.9 Å². The minimum Gasteiger partial charge on any atom is -0.429 e. The molecule has 0 aromatic heterocycles. The number of hydrogen-bond donors (Lipinski definition) is 1. The van der Waals surface area contributed by atoms with E-state index < -0.39 is 17.9 Å². The maximum absolute atomic E-state index is 13.2. The molecule has 0 bridgehead atoms. The van der Waals surface area contributed by atoms with Crippen molar-refractivity contribution in [2.75, 3.05) is 0 Å². The highest BCUT2D eigenvalue weighted by Crippen LogP contribution is 2.47. The summed E-state index contributed by atoms with van der Waals surface area (Å²) in [7, 11) is 0. The van der Waals surface area contributed by atoms with Crippen molar-refractivity contribution in [1.82, 2.24) is 5.32 Å². The van der Waals surface area contributed by atoms with E-state index in [1.807, 2.05) is 44.2 Å². The molecule has 30 heavy (non-hydrogen) atoms. The van der Waals surface area contributed by atoms with Crippen LogP contribution in [0.5, 0.6) is 0 Å². The van der Waals surface area contributed by atoms with Gasteiger partial charge in [0.1, 0.15) is 11.8 Å². The number of ether oxygens (including phenoxy) is 1. The number of carbonyl (C=O) groups excluding carboxylic acids is 3. The molecule has 154 valence electrons. The first-order valence-corrected chi connectivity index (χ1v) is 10.6. The average Bonchev–Trinajstić information content (AvgIpc) is 2.69. The predicted octanol–water partition coefficient (Wildman–Crippen LogP) is 4.53. The third kappa shape index (κ3) is 3.84. The number of hydrogen-bond acceptors (Lipinski definition) is 4. The van der Waals surface area contributed by atoms with Gasteiger partial charge in [-0.05, 0) is 29.2 Å². The monoisotopic (exact) mass is 467 g/mol. The van der Waals surface area contributed by atoms with Crippen LogP contribution in [0.25, 0.3) is 0 Å². The van der Waals surface area contributed by atoms with Gasteiger partial charge in [0.25, 0.3) is 5.91 Å². The zero-order chi connectivity index (χ0) is 21.5.